The van der Waals surface area contributed by atoms with E-state index in [-0.39, 0.29) is 6.03 Å². The molecule has 24 heavy (non-hydrogen) atoms. The number of carbonyl (C=O) groups excluding carboxylic acids is 1. The molecule has 2 amide bonds. The van der Waals surface area contributed by atoms with Gasteiger partial charge < -0.3 is 15.1 Å². The predicted molar refractivity (Wildman–Crippen MR) is 93.0 cm³/mol. The molecule has 0 aromatic carbocycles. The van der Waals surface area contributed by atoms with E-state index in [0.717, 1.165) is 55.7 Å². The highest BCUT2D eigenvalue weighted by atomic mass is 16.2. The second kappa shape index (κ2) is 7.46. The third-order valence-electron chi connectivity index (χ3n) is 4.43. The molecule has 3 rings (SSSR count). The van der Waals surface area contributed by atoms with Gasteiger partial charge in [0, 0.05) is 39.8 Å². The van der Waals surface area contributed by atoms with E-state index < -0.39 is 0 Å². The first-order valence-corrected chi connectivity index (χ1v) is 8.61. The number of nitrogens with zero attached hydrogens (tertiary/aromatic N) is 6. The number of hydrogen-bond donors (Lipinski definition) is 1. The molecule has 1 aliphatic rings. The summed E-state index contributed by atoms with van der Waals surface area (Å²) in [6.45, 7) is 5.85. The standard InChI is InChI=1S/C16H25N7O/c1-3-4-5-6-17-16(24)23-9-7-22(8-10-23)15-13-11-20-21(2)14(13)18-12-19-15/h11-12H,3-10H2,1-2H3,(H,17,24). The number of fused-ring (bicyclic) bond motifs is 1. The summed E-state index contributed by atoms with van der Waals surface area (Å²) in [5, 5.41) is 8.22. The van der Waals surface area contributed by atoms with Gasteiger partial charge in [-0.25, -0.2) is 14.8 Å². The Morgan fingerprint density at radius 3 is 2.75 bits per heavy atom. The SMILES string of the molecule is CCCCCNC(=O)N1CCN(c2ncnc3c2cnn3C)CC1. The minimum Gasteiger partial charge on any atom is -0.352 e. The number of aryl methyl sites for hydroxylation is 1. The van der Waals surface area contributed by atoms with Crippen molar-refractivity contribution in [2.45, 2.75) is 26.2 Å². The lowest BCUT2D eigenvalue weighted by molar-refractivity contribution is 0.194. The Kier molecular flexibility index (Phi) is 5.12. The normalized spacial score (nSPS) is 15.1. The average Bonchev–Trinajstić information content (AvgIpc) is 3.00. The number of unbranched alkanes of at least 4 members (excludes halogenated alkanes) is 2. The predicted octanol–water partition coefficient (Wildman–Crippen LogP) is 1.39. The van der Waals surface area contributed by atoms with E-state index in [2.05, 4.69) is 32.2 Å². The highest BCUT2D eigenvalue weighted by molar-refractivity contribution is 5.86. The highest BCUT2D eigenvalue weighted by Crippen LogP contribution is 2.23. The smallest absolute Gasteiger partial charge is 0.317 e. The number of urea groups is 1. The van der Waals surface area contributed by atoms with E-state index in [4.69, 9.17) is 0 Å². The Hall–Kier alpha value is -2.38. The molecule has 1 N–H and O–H groups in total. The summed E-state index contributed by atoms with van der Waals surface area (Å²) in [7, 11) is 1.87. The monoisotopic (exact) mass is 331 g/mol. The molecule has 2 aromatic rings. The maximum Gasteiger partial charge on any atom is 0.317 e. The van der Waals surface area contributed by atoms with Crippen LogP contribution in [0, 0.1) is 0 Å². The van der Waals surface area contributed by atoms with Crippen LogP contribution >= 0.6 is 0 Å². The second-order valence-electron chi connectivity index (χ2n) is 6.12. The molecule has 0 aliphatic carbocycles. The average molecular weight is 331 g/mol. The van der Waals surface area contributed by atoms with Crippen molar-refractivity contribution in [1.29, 1.82) is 0 Å². The summed E-state index contributed by atoms with van der Waals surface area (Å²) in [5.41, 5.74) is 0.830. The van der Waals surface area contributed by atoms with Crippen LogP contribution in [0.15, 0.2) is 12.5 Å². The Labute approximate surface area is 141 Å². The largest absolute Gasteiger partial charge is 0.352 e. The lowest BCUT2D eigenvalue weighted by Gasteiger charge is -2.35. The molecule has 3 heterocycles. The topological polar surface area (TPSA) is 79.2 Å². The molecule has 8 nitrogen and oxygen atoms in total. The molecule has 0 spiro atoms. The number of piperazine rings is 1. The number of amides is 2. The zero-order valence-corrected chi connectivity index (χ0v) is 14.4. The molecule has 0 unspecified atom stereocenters. The molecule has 130 valence electrons. The van der Waals surface area contributed by atoms with Crippen molar-refractivity contribution < 1.29 is 4.79 Å². The second-order valence-corrected chi connectivity index (χ2v) is 6.12. The first-order chi connectivity index (χ1) is 11.7. The Morgan fingerprint density at radius 1 is 1.21 bits per heavy atom. The van der Waals surface area contributed by atoms with Crippen molar-refractivity contribution in [1.82, 2.24) is 30.0 Å². The van der Waals surface area contributed by atoms with E-state index in [1.54, 1.807) is 17.2 Å². The van der Waals surface area contributed by atoms with Gasteiger partial charge in [-0.1, -0.05) is 19.8 Å². The summed E-state index contributed by atoms with van der Waals surface area (Å²) < 4.78 is 1.75. The lowest BCUT2D eigenvalue weighted by Crippen LogP contribution is -2.52. The van der Waals surface area contributed by atoms with Gasteiger partial charge in [-0.15, -0.1) is 0 Å². The quantitative estimate of drug-likeness (QED) is 0.838. The third kappa shape index (κ3) is 3.42. The first kappa shape index (κ1) is 16.5. The number of anilines is 1. The van der Waals surface area contributed by atoms with Gasteiger partial charge in [-0.05, 0) is 6.42 Å². The van der Waals surface area contributed by atoms with Crippen LogP contribution in [0.3, 0.4) is 0 Å². The molecular formula is C16H25N7O. The molecule has 0 atom stereocenters. The molecule has 0 radical (unpaired) electrons. The molecule has 0 bridgehead atoms. The fourth-order valence-electron chi connectivity index (χ4n) is 3.01. The van der Waals surface area contributed by atoms with Crippen LogP contribution in [0.1, 0.15) is 26.2 Å². The van der Waals surface area contributed by atoms with Gasteiger partial charge in [0.1, 0.15) is 12.1 Å². The van der Waals surface area contributed by atoms with Crippen molar-refractivity contribution in [3.63, 3.8) is 0 Å². The van der Waals surface area contributed by atoms with Gasteiger partial charge in [0.15, 0.2) is 5.65 Å². The van der Waals surface area contributed by atoms with Crippen molar-refractivity contribution in [3.8, 4) is 0 Å². The summed E-state index contributed by atoms with van der Waals surface area (Å²) >= 11 is 0. The Morgan fingerprint density at radius 2 is 2.00 bits per heavy atom. The van der Waals surface area contributed by atoms with Crippen LogP contribution in [0.2, 0.25) is 0 Å². The summed E-state index contributed by atoms with van der Waals surface area (Å²) in [5.74, 6) is 0.899. The van der Waals surface area contributed by atoms with Gasteiger partial charge >= 0.3 is 6.03 Å². The fraction of sp³-hybridized carbons (Fsp3) is 0.625. The summed E-state index contributed by atoms with van der Waals surface area (Å²) in [6.07, 6.45) is 6.74. The number of aromatic nitrogens is 4. The van der Waals surface area contributed by atoms with Crippen LogP contribution < -0.4 is 10.2 Å². The lowest BCUT2D eigenvalue weighted by atomic mass is 10.2. The minimum atomic E-state index is 0.0416. The maximum absolute atomic E-state index is 12.2. The zero-order valence-electron chi connectivity index (χ0n) is 14.4. The molecule has 1 aliphatic heterocycles. The van der Waals surface area contributed by atoms with Gasteiger partial charge in [0.05, 0.1) is 11.6 Å². The maximum atomic E-state index is 12.2. The fourth-order valence-corrected chi connectivity index (χ4v) is 3.01. The Balaban J connectivity index is 1.57. The molecule has 2 aromatic heterocycles. The Bertz CT molecular complexity index is 691. The molecule has 8 heteroatoms. The van der Waals surface area contributed by atoms with Gasteiger partial charge in [0.25, 0.3) is 0 Å². The van der Waals surface area contributed by atoms with Crippen LogP contribution in [0.4, 0.5) is 10.6 Å². The summed E-state index contributed by atoms with van der Waals surface area (Å²) in [4.78, 5) is 25.0. The number of hydrogen-bond acceptors (Lipinski definition) is 5. The molecule has 1 saturated heterocycles. The number of nitrogens with one attached hydrogen (secondary N) is 1. The van der Waals surface area contributed by atoms with Crippen molar-refractivity contribution in [2.24, 2.45) is 7.05 Å². The van der Waals surface area contributed by atoms with Crippen LogP contribution in [-0.2, 0) is 7.05 Å². The van der Waals surface area contributed by atoms with Crippen molar-refractivity contribution >= 4 is 22.9 Å². The van der Waals surface area contributed by atoms with Crippen molar-refractivity contribution in [3.05, 3.63) is 12.5 Å². The van der Waals surface area contributed by atoms with E-state index in [1.807, 2.05) is 11.9 Å². The highest BCUT2D eigenvalue weighted by Gasteiger charge is 2.23. The van der Waals surface area contributed by atoms with Crippen LogP contribution in [-0.4, -0.2) is 63.4 Å². The van der Waals surface area contributed by atoms with E-state index in [0.29, 0.717) is 13.1 Å². The minimum absolute atomic E-state index is 0.0416. The zero-order chi connectivity index (χ0) is 16.9. The molecule has 1 fully saturated rings. The van der Waals surface area contributed by atoms with Crippen LogP contribution in [0.25, 0.3) is 11.0 Å². The number of rotatable bonds is 5. The van der Waals surface area contributed by atoms with E-state index in [9.17, 15) is 4.79 Å². The molecular weight excluding hydrogens is 306 g/mol. The van der Waals surface area contributed by atoms with Crippen molar-refractivity contribution in [2.75, 3.05) is 37.6 Å². The van der Waals surface area contributed by atoms with Gasteiger partial charge in [0.2, 0.25) is 0 Å². The van der Waals surface area contributed by atoms with E-state index in [1.165, 1.54) is 0 Å². The summed E-state index contributed by atoms with van der Waals surface area (Å²) in [6, 6.07) is 0.0416. The van der Waals surface area contributed by atoms with Gasteiger partial charge in [-0.2, -0.15) is 5.10 Å². The van der Waals surface area contributed by atoms with Crippen LogP contribution in [0.5, 0.6) is 0 Å². The van der Waals surface area contributed by atoms with E-state index >= 15 is 0 Å². The number of carbonyl (C=O) groups is 1. The van der Waals surface area contributed by atoms with Gasteiger partial charge in [-0.3, -0.25) is 4.68 Å². The first-order valence-electron chi connectivity index (χ1n) is 8.61. The third-order valence-corrected chi connectivity index (χ3v) is 4.43. The molecule has 0 saturated carbocycles.